The van der Waals surface area contributed by atoms with Crippen molar-refractivity contribution in [2.75, 3.05) is 19.1 Å². The molecule has 6 nitrogen and oxygen atoms in total. The van der Waals surface area contributed by atoms with Crippen molar-refractivity contribution in [1.82, 2.24) is 0 Å². The minimum Gasteiger partial charge on any atom is -0.493 e. The smallest absolute Gasteiger partial charge is 0.274 e. The Morgan fingerprint density at radius 2 is 2.07 bits per heavy atom. The van der Waals surface area contributed by atoms with Crippen LogP contribution >= 0.6 is 0 Å². The number of likely N-dealkylation sites (N-methyl/N-ethyl adjacent to an activating group) is 1. The third-order valence-electron chi connectivity index (χ3n) is 6.72. The lowest BCUT2D eigenvalue weighted by atomic mass is 9.64. The number of methoxy groups -OCH3 is 1. The number of nitro benzene ring substituents is 1. The maximum Gasteiger partial charge on any atom is 0.274 e. The van der Waals surface area contributed by atoms with Gasteiger partial charge in [0.05, 0.1) is 23.5 Å². The van der Waals surface area contributed by atoms with Crippen LogP contribution in [0, 0.1) is 10.1 Å². The van der Waals surface area contributed by atoms with Crippen molar-refractivity contribution in [3.8, 4) is 11.5 Å². The van der Waals surface area contributed by atoms with Gasteiger partial charge >= 0.3 is 0 Å². The lowest BCUT2D eigenvalue weighted by molar-refractivity contribution is -0.385. The van der Waals surface area contributed by atoms with Crippen LogP contribution < -0.4 is 14.4 Å². The zero-order chi connectivity index (χ0) is 19.7. The van der Waals surface area contributed by atoms with E-state index in [1.54, 1.807) is 6.07 Å². The summed E-state index contributed by atoms with van der Waals surface area (Å²) in [6, 6.07) is 11.5. The van der Waals surface area contributed by atoms with E-state index in [0.29, 0.717) is 17.1 Å². The van der Waals surface area contributed by atoms with E-state index in [2.05, 4.69) is 49.2 Å². The highest BCUT2D eigenvalue weighted by molar-refractivity contribution is 5.78. The monoisotopic (exact) mass is 378 g/mol. The van der Waals surface area contributed by atoms with Gasteiger partial charge in [-0.05, 0) is 49.5 Å². The third-order valence-corrected chi connectivity index (χ3v) is 6.72. The van der Waals surface area contributed by atoms with E-state index in [9.17, 15) is 10.1 Å². The molecule has 0 saturated heterocycles. The van der Waals surface area contributed by atoms with Gasteiger partial charge in [0.15, 0.2) is 11.5 Å². The first-order valence-electron chi connectivity index (χ1n) is 9.52. The Bertz CT molecular complexity index is 1050. The minimum absolute atomic E-state index is 0.00799. The van der Waals surface area contributed by atoms with Crippen LogP contribution in [0.4, 0.5) is 11.4 Å². The van der Waals surface area contributed by atoms with E-state index in [0.717, 1.165) is 24.8 Å². The predicted molar refractivity (Wildman–Crippen MR) is 107 cm³/mol. The number of hydrogen-bond acceptors (Lipinski definition) is 5. The lowest BCUT2D eigenvalue weighted by Gasteiger charge is -2.53. The topological polar surface area (TPSA) is 64.8 Å². The molecule has 2 atom stereocenters. The summed E-state index contributed by atoms with van der Waals surface area (Å²) in [6.07, 6.45) is 5.04. The molecule has 1 aliphatic carbocycles. The molecule has 2 aliphatic heterocycles. The van der Waals surface area contributed by atoms with Gasteiger partial charge in [-0.3, -0.25) is 10.1 Å². The van der Waals surface area contributed by atoms with Crippen LogP contribution in [0.2, 0.25) is 0 Å². The van der Waals surface area contributed by atoms with Gasteiger partial charge in [0.1, 0.15) is 0 Å². The molecule has 0 N–H and O–H groups in total. The second-order valence-corrected chi connectivity index (χ2v) is 8.00. The molecular weight excluding hydrogens is 356 g/mol. The number of fused-ring (bicyclic) bond motifs is 3. The molecule has 1 spiro atoms. The highest BCUT2D eigenvalue weighted by Crippen LogP contribution is 2.62. The molecule has 6 heteroatoms. The van der Waals surface area contributed by atoms with Crippen molar-refractivity contribution < 1.29 is 14.4 Å². The Labute approximate surface area is 163 Å². The second-order valence-electron chi connectivity index (χ2n) is 8.00. The highest BCUT2D eigenvalue weighted by Gasteiger charge is 2.64. The normalized spacial score (nSPS) is 27.0. The molecule has 28 heavy (non-hydrogen) atoms. The number of ether oxygens (including phenoxy) is 2. The minimum atomic E-state index is -0.647. The van der Waals surface area contributed by atoms with Crippen LogP contribution in [0.3, 0.4) is 0 Å². The van der Waals surface area contributed by atoms with Crippen molar-refractivity contribution in [3.63, 3.8) is 0 Å². The fraction of sp³-hybridized carbons (Fsp3) is 0.364. The molecule has 0 unspecified atom stereocenters. The Hall–Kier alpha value is -3.02. The van der Waals surface area contributed by atoms with Crippen LogP contribution in [0.25, 0.3) is 6.08 Å². The zero-order valence-electron chi connectivity index (χ0n) is 16.2. The van der Waals surface area contributed by atoms with E-state index in [-0.39, 0.29) is 11.1 Å². The average Bonchev–Trinajstić information content (AvgIpc) is 2.89. The van der Waals surface area contributed by atoms with Crippen molar-refractivity contribution >= 4 is 17.5 Å². The van der Waals surface area contributed by atoms with Crippen molar-refractivity contribution in [2.45, 2.75) is 37.3 Å². The number of non-ortho nitro benzene ring substituents is 1. The van der Waals surface area contributed by atoms with Gasteiger partial charge in [-0.2, -0.15) is 0 Å². The Balaban J connectivity index is 1.77. The van der Waals surface area contributed by atoms with Crippen LogP contribution in [-0.2, 0) is 5.41 Å². The van der Waals surface area contributed by atoms with E-state index in [1.807, 2.05) is 0 Å². The summed E-state index contributed by atoms with van der Waals surface area (Å²) in [5.41, 5.74) is 3.47. The largest absolute Gasteiger partial charge is 0.493 e. The quantitative estimate of drug-likeness (QED) is 0.561. The SMILES string of the molecule is COc1cc([N+](=O)[O-])cc2c1O[C@@]13C(=C2)CCC[C@@]1(C)c1ccccc1N3C. The van der Waals surface area contributed by atoms with Crippen molar-refractivity contribution in [1.29, 1.82) is 0 Å². The van der Waals surface area contributed by atoms with Gasteiger partial charge in [-0.25, -0.2) is 0 Å². The molecule has 5 rings (SSSR count). The van der Waals surface area contributed by atoms with Crippen LogP contribution in [0.15, 0.2) is 42.0 Å². The predicted octanol–water partition coefficient (Wildman–Crippen LogP) is 4.67. The standard InChI is InChI=1S/C22H22N2O4/c1-21-10-6-7-15-11-14-12-16(24(25)26)13-19(27-3)20(14)28-22(15,21)23(2)18-9-5-4-8-17(18)21/h4-5,8-9,11-13H,6-7,10H2,1-3H3/t21-,22-/m0/s1. The number of anilines is 1. The average molecular weight is 378 g/mol. The van der Waals surface area contributed by atoms with Gasteiger partial charge in [0, 0.05) is 24.4 Å². The third kappa shape index (κ3) is 1.87. The maximum atomic E-state index is 11.4. The highest BCUT2D eigenvalue weighted by atomic mass is 16.6. The van der Waals surface area contributed by atoms with Gasteiger partial charge in [-0.15, -0.1) is 0 Å². The number of rotatable bonds is 2. The fourth-order valence-corrected chi connectivity index (χ4v) is 5.46. The first-order valence-corrected chi connectivity index (χ1v) is 9.52. The van der Waals surface area contributed by atoms with Crippen molar-refractivity contribution in [2.24, 2.45) is 0 Å². The molecule has 3 aliphatic rings. The van der Waals surface area contributed by atoms with E-state index in [4.69, 9.17) is 9.47 Å². The summed E-state index contributed by atoms with van der Waals surface area (Å²) < 4.78 is 12.3. The summed E-state index contributed by atoms with van der Waals surface area (Å²) in [6.45, 7) is 2.27. The summed E-state index contributed by atoms with van der Waals surface area (Å²) in [7, 11) is 3.60. The number of benzene rings is 2. The zero-order valence-corrected chi connectivity index (χ0v) is 16.2. The molecule has 0 aromatic heterocycles. The van der Waals surface area contributed by atoms with E-state index in [1.165, 1.54) is 24.4 Å². The maximum absolute atomic E-state index is 11.4. The van der Waals surface area contributed by atoms with Gasteiger partial charge in [0.25, 0.3) is 5.69 Å². The van der Waals surface area contributed by atoms with Gasteiger partial charge in [0.2, 0.25) is 5.72 Å². The molecule has 144 valence electrons. The number of hydrogen-bond donors (Lipinski definition) is 0. The van der Waals surface area contributed by atoms with Crippen LogP contribution in [-0.4, -0.2) is 24.8 Å². The molecule has 2 heterocycles. The fourth-order valence-electron chi connectivity index (χ4n) is 5.46. The molecule has 0 amide bonds. The Morgan fingerprint density at radius 1 is 1.29 bits per heavy atom. The summed E-state index contributed by atoms with van der Waals surface area (Å²) >= 11 is 0. The molecule has 0 bridgehead atoms. The molecule has 1 fully saturated rings. The van der Waals surface area contributed by atoms with Gasteiger partial charge in [-0.1, -0.05) is 18.2 Å². The summed E-state index contributed by atoms with van der Waals surface area (Å²) in [4.78, 5) is 13.2. The number of nitro groups is 1. The molecule has 1 saturated carbocycles. The van der Waals surface area contributed by atoms with Crippen molar-refractivity contribution in [3.05, 3.63) is 63.2 Å². The summed E-state index contributed by atoms with van der Waals surface area (Å²) in [5, 5.41) is 11.4. The summed E-state index contributed by atoms with van der Waals surface area (Å²) in [5.74, 6) is 0.968. The van der Waals surface area contributed by atoms with E-state index >= 15 is 0 Å². The molecule has 2 aromatic carbocycles. The molecular formula is C22H22N2O4. The first-order chi connectivity index (χ1) is 13.4. The second kappa shape index (κ2) is 5.50. The Morgan fingerprint density at radius 3 is 2.82 bits per heavy atom. The van der Waals surface area contributed by atoms with E-state index < -0.39 is 10.6 Å². The van der Waals surface area contributed by atoms with Gasteiger partial charge < -0.3 is 14.4 Å². The Kier molecular flexibility index (Phi) is 3.36. The number of para-hydroxylation sites is 1. The first kappa shape index (κ1) is 17.1. The molecule has 2 aromatic rings. The van der Waals surface area contributed by atoms with Crippen LogP contribution in [0.1, 0.15) is 37.3 Å². The number of nitrogens with zero attached hydrogens (tertiary/aromatic N) is 2. The molecule has 0 radical (unpaired) electrons. The lowest BCUT2D eigenvalue weighted by Crippen LogP contribution is -2.63. The van der Waals surface area contributed by atoms with Crippen LogP contribution in [0.5, 0.6) is 11.5 Å².